The van der Waals surface area contributed by atoms with Crippen molar-refractivity contribution in [3.05, 3.63) is 34.2 Å². The van der Waals surface area contributed by atoms with Gasteiger partial charge < -0.3 is 0 Å². The van der Waals surface area contributed by atoms with Gasteiger partial charge in [-0.3, -0.25) is 0 Å². The van der Waals surface area contributed by atoms with Gasteiger partial charge in [0.15, 0.2) is 11.0 Å². The molecule has 0 N–H and O–H groups in total. The lowest BCUT2D eigenvalue weighted by Gasteiger charge is -2.07. The van der Waals surface area contributed by atoms with E-state index in [1.54, 1.807) is 4.68 Å². The van der Waals surface area contributed by atoms with E-state index in [9.17, 15) is 0 Å². The lowest BCUT2D eigenvalue weighted by Crippen LogP contribution is -2.05. The molecule has 1 aliphatic rings. The highest BCUT2D eigenvalue weighted by Gasteiger charge is 2.26. The SMILES string of the molecule is Cc1c(Cl)nnc(-n2ccc(C3CC3)n2)c1C. The molecule has 0 aliphatic heterocycles. The lowest BCUT2D eigenvalue weighted by atomic mass is 10.2. The number of hydrogen-bond acceptors (Lipinski definition) is 3. The third-order valence-electron chi connectivity index (χ3n) is 3.26. The van der Waals surface area contributed by atoms with Crippen LogP contribution in [0.4, 0.5) is 0 Å². The predicted octanol–water partition coefficient (Wildman–Crippen LogP) is 2.81. The first-order chi connectivity index (χ1) is 8.16. The van der Waals surface area contributed by atoms with E-state index < -0.39 is 0 Å². The second kappa shape index (κ2) is 3.81. The summed E-state index contributed by atoms with van der Waals surface area (Å²) in [4.78, 5) is 0. The molecule has 88 valence electrons. The van der Waals surface area contributed by atoms with Gasteiger partial charge in [-0.1, -0.05) is 11.6 Å². The Balaban J connectivity index is 2.05. The molecule has 1 saturated carbocycles. The molecule has 2 aromatic rings. The Hall–Kier alpha value is -1.42. The van der Waals surface area contributed by atoms with Gasteiger partial charge in [-0.2, -0.15) is 5.10 Å². The first kappa shape index (κ1) is 10.7. The van der Waals surface area contributed by atoms with Crippen molar-refractivity contribution < 1.29 is 0 Å². The fraction of sp³-hybridized carbons (Fsp3) is 0.417. The molecule has 3 rings (SSSR count). The first-order valence-corrected chi connectivity index (χ1v) is 6.10. The van der Waals surface area contributed by atoms with Crippen LogP contribution in [0.5, 0.6) is 0 Å². The maximum Gasteiger partial charge on any atom is 0.178 e. The van der Waals surface area contributed by atoms with Crippen LogP contribution >= 0.6 is 11.6 Å². The highest BCUT2D eigenvalue weighted by molar-refractivity contribution is 6.30. The summed E-state index contributed by atoms with van der Waals surface area (Å²) in [5.41, 5.74) is 3.13. The van der Waals surface area contributed by atoms with Gasteiger partial charge in [-0.15, -0.1) is 10.2 Å². The molecule has 5 heteroatoms. The van der Waals surface area contributed by atoms with Crippen molar-refractivity contribution >= 4 is 11.6 Å². The van der Waals surface area contributed by atoms with E-state index in [0.29, 0.717) is 11.1 Å². The van der Waals surface area contributed by atoms with Crippen molar-refractivity contribution in [3.63, 3.8) is 0 Å². The van der Waals surface area contributed by atoms with Crippen LogP contribution in [0.1, 0.15) is 35.6 Å². The molecule has 0 unspecified atom stereocenters. The van der Waals surface area contributed by atoms with E-state index in [0.717, 1.165) is 22.6 Å². The minimum absolute atomic E-state index is 0.459. The molecule has 1 fully saturated rings. The quantitative estimate of drug-likeness (QED) is 0.821. The van der Waals surface area contributed by atoms with E-state index in [2.05, 4.69) is 21.4 Å². The molecule has 0 aromatic carbocycles. The molecule has 0 spiro atoms. The molecule has 17 heavy (non-hydrogen) atoms. The van der Waals surface area contributed by atoms with Crippen molar-refractivity contribution in [2.75, 3.05) is 0 Å². The second-order valence-corrected chi connectivity index (χ2v) is 4.88. The molecular weight excluding hydrogens is 236 g/mol. The Morgan fingerprint density at radius 2 is 2.00 bits per heavy atom. The van der Waals surface area contributed by atoms with Gasteiger partial charge in [0, 0.05) is 17.7 Å². The average molecular weight is 249 g/mol. The van der Waals surface area contributed by atoms with Gasteiger partial charge in [0.25, 0.3) is 0 Å². The van der Waals surface area contributed by atoms with Crippen LogP contribution in [-0.2, 0) is 0 Å². The van der Waals surface area contributed by atoms with Crippen molar-refractivity contribution in [2.24, 2.45) is 0 Å². The van der Waals surface area contributed by atoms with Gasteiger partial charge in [0.1, 0.15) is 0 Å². The first-order valence-electron chi connectivity index (χ1n) is 5.72. The maximum absolute atomic E-state index is 5.94. The van der Waals surface area contributed by atoms with Crippen molar-refractivity contribution in [1.82, 2.24) is 20.0 Å². The number of rotatable bonds is 2. The van der Waals surface area contributed by atoms with Crippen LogP contribution in [0, 0.1) is 13.8 Å². The van der Waals surface area contributed by atoms with Crippen molar-refractivity contribution in [2.45, 2.75) is 32.6 Å². The Labute approximate surface area is 105 Å². The smallest absolute Gasteiger partial charge is 0.178 e. The molecule has 2 heterocycles. The molecule has 2 aromatic heterocycles. The minimum atomic E-state index is 0.459. The predicted molar refractivity (Wildman–Crippen MR) is 65.6 cm³/mol. The van der Waals surface area contributed by atoms with E-state index in [4.69, 9.17) is 11.6 Å². The normalized spacial score (nSPS) is 15.2. The van der Waals surface area contributed by atoms with E-state index in [1.165, 1.54) is 12.8 Å². The van der Waals surface area contributed by atoms with E-state index in [1.807, 2.05) is 20.0 Å². The summed E-state index contributed by atoms with van der Waals surface area (Å²) in [6.45, 7) is 3.94. The maximum atomic E-state index is 5.94. The Morgan fingerprint density at radius 3 is 2.71 bits per heavy atom. The zero-order chi connectivity index (χ0) is 12.0. The summed E-state index contributed by atoms with van der Waals surface area (Å²) in [6.07, 6.45) is 4.45. The van der Waals surface area contributed by atoms with Gasteiger partial charge >= 0.3 is 0 Å². The molecule has 0 amide bonds. The second-order valence-electron chi connectivity index (χ2n) is 4.52. The summed E-state index contributed by atoms with van der Waals surface area (Å²) >= 11 is 5.94. The number of nitrogens with zero attached hydrogens (tertiary/aromatic N) is 4. The Morgan fingerprint density at radius 1 is 1.24 bits per heavy atom. The highest BCUT2D eigenvalue weighted by Crippen LogP contribution is 2.39. The summed E-state index contributed by atoms with van der Waals surface area (Å²) in [5.74, 6) is 1.41. The van der Waals surface area contributed by atoms with Gasteiger partial charge in [0.05, 0.1) is 5.69 Å². The standard InChI is InChI=1S/C12H13ClN4/c1-7-8(2)12(15-14-11(7)13)17-6-5-10(16-17)9-3-4-9/h5-6,9H,3-4H2,1-2H3. The largest absolute Gasteiger partial charge is 0.220 e. The summed E-state index contributed by atoms with van der Waals surface area (Å²) in [6, 6.07) is 2.06. The Bertz CT molecular complexity index is 572. The minimum Gasteiger partial charge on any atom is -0.220 e. The van der Waals surface area contributed by atoms with E-state index in [-0.39, 0.29) is 0 Å². The van der Waals surface area contributed by atoms with Crippen LogP contribution < -0.4 is 0 Å². The Kier molecular flexibility index (Phi) is 2.40. The molecule has 0 bridgehead atoms. The zero-order valence-electron chi connectivity index (χ0n) is 9.81. The monoisotopic (exact) mass is 248 g/mol. The molecule has 0 atom stereocenters. The number of hydrogen-bond donors (Lipinski definition) is 0. The van der Waals surface area contributed by atoms with Crippen molar-refractivity contribution in [1.29, 1.82) is 0 Å². The average Bonchev–Trinajstić information content (AvgIpc) is 3.06. The molecule has 1 aliphatic carbocycles. The summed E-state index contributed by atoms with van der Waals surface area (Å²) in [5, 5.41) is 13.1. The van der Waals surface area contributed by atoms with Crippen LogP contribution in [0.25, 0.3) is 5.82 Å². The number of halogens is 1. The molecule has 0 saturated heterocycles. The van der Waals surface area contributed by atoms with Crippen LogP contribution in [0.15, 0.2) is 12.3 Å². The fourth-order valence-electron chi connectivity index (χ4n) is 1.83. The summed E-state index contributed by atoms with van der Waals surface area (Å²) in [7, 11) is 0. The van der Waals surface area contributed by atoms with Crippen molar-refractivity contribution in [3.8, 4) is 5.82 Å². The van der Waals surface area contributed by atoms with Crippen LogP contribution in [0.2, 0.25) is 5.15 Å². The highest BCUT2D eigenvalue weighted by atomic mass is 35.5. The summed E-state index contributed by atoms with van der Waals surface area (Å²) < 4.78 is 1.79. The topological polar surface area (TPSA) is 43.6 Å². The molecule has 4 nitrogen and oxygen atoms in total. The third-order valence-corrected chi connectivity index (χ3v) is 3.62. The molecular formula is C12H13ClN4. The van der Waals surface area contributed by atoms with E-state index >= 15 is 0 Å². The fourth-order valence-corrected chi connectivity index (χ4v) is 2.01. The lowest BCUT2D eigenvalue weighted by molar-refractivity contribution is 0.778. The van der Waals surface area contributed by atoms with Crippen LogP contribution in [0.3, 0.4) is 0 Å². The third kappa shape index (κ3) is 1.82. The molecule has 0 radical (unpaired) electrons. The van der Waals surface area contributed by atoms with Gasteiger partial charge in [-0.05, 0) is 38.3 Å². The zero-order valence-corrected chi connectivity index (χ0v) is 10.6. The van der Waals surface area contributed by atoms with Crippen LogP contribution in [-0.4, -0.2) is 20.0 Å². The van der Waals surface area contributed by atoms with Gasteiger partial charge in [-0.25, -0.2) is 4.68 Å². The van der Waals surface area contributed by atoms with Gasteiger partial charge in [0.2, 0.25) is 0 Å². The number of aromatic nitrogens is 4.